The molecule has 3 rings (SSSR count). The van der Waals surface area contributed by atoms with Crippen LogP contribution < -0.4 is 21.3 Å². The molecule has 6 N–H and O–H groups in total. The van der Waals surface area contributed by atoms with Crippen molar-refractivity contribution >= 4 is 29.8 Å². The number of esters is 1. The van der Waals surface area contributed by atoms with Crippen LogP contribution in [-0.4, -0.2) is 94.6 Å². The number of hydrogen-bond donors (Lipinski definition) is 6. The van der Waals surface area contributed by atoms with Gasteiger partial charge in [-0.2, -0.15) is 0 Å². The highest BCUT2D eigenvalue weighted by molar-refractivity contribution is 5.93. The normalized spacial score (nSPS) is 16.8. The van der Waals surface area contributed by atoms with Gasteiger partial charge in [-0.1, -0.05) is 18.2 Å². The predicted molar refractivity (Wildman–Crippen MR) is 157 cm³/mol. The maximum absolute atomic E-state index is 13.1. The number of nitrogens with one attached hydrogen (secondary N) is 4. The fourth-order valence-electron chi connectivity index (χ4n) is 3.94. The van der Waals surface area contributed by atoms with E-state index in [2.05, 4.69) is 26.3 Å². The fraction of sp³-hybridized carbons (Fsp3) is 0.467. The number of aliphatic hydroxyl groups is 1. The Morgan fingerprint density at radius 1 is 0.978 bits per heavy atom. The van der Waals surface area contributed by atoms with Crippen LogP contribution >= 0.6 is 0 Å². The van der Waals surface area contributed by atoms with E-state index in [1.165, 1.54) is 12.1 Å². The summed E-state index contributed by atoms with van der Waals surface area (Å²) in [5.41, 5.74) is 0.531. The van der Waals surface area contributed by atoms with Crippen molar-refractivity contribution in [3.05, 3.63) is 59.9 Å². The molecule has 4 atom stereocenters. The number of pyridine rings is 1. The van der Waals surface area contributed by atoms with Gasteiger partial charge in [0.05, 0.1) is 18.8 Å². The van der Waals surface area contributed by atoms with Gasteiger partial charge in [-0.25, -0.2) is 9.59 Å². The van der Waals surface area contributed by atoms with Crippen molar-refractivity contribution in [2.24, 2.45) is 0 Å². The van der Waals surface area contributed by atoms with Gasteiger partial charge in [-0.3, -0.25) is 19.4 Å². The van der Waals surface area contributed by atoms with Gasteiger partial charge in [-0.05, 0) is 63.4 Å². The number of phenolic OH excluding ortho intramolecular Hbond substituents is 1. The van der Waals surface area contributed by atoms with Crippen LogP contribution in [0.1, 0.15) is 38.4 Å². The largest absolute Gasteiger partial charge is 0.508 e. The molecule has 1 aromatic carbocycles. The summed E-state index contributed by atoms with van der Waals surface area (Å²) in [4.78, 5) is 66.5. The Balaban J connectivity index is 1.44. The number of aromatic nitrogens is 1. The Kier molecular flexibility index (Phi) is 12.6. The first-order valence-electron chi connectivity index (χ1n) is 14.3. The smallest absolute Gasteiger partial charge is 0.408 e. The average Bonchev–Trinajstić information content (AvgIpc) is 3.78. The van der Waals surface area contributed by atoms with Crippen molar-refractivity contribution in [2.75, 3.05) is 19.7 Å². The maximum atomic E-state index is 13.1. The lowest BCUT2D eigenvalue weighted by Gasteiger charge is -2.25. The molecule has 1 aliphatic heterocycles. The van der Waals surface area contributed by atoms with E-state index >= 15 is 0 Å². The van der Waals surface area contributed by atoms with Crippen molar-refractivity contribution in [3.8, 4) is 5.75 Å². The number of ether oxygens (including phenoxy) is 3. The number of amides is 4. The van der Waals surface area contributed by atoms with Crippen molar-refractivity contribution < 1.29 is 48.4 Å². The number of alkyl carbamates (subject to hydrolysis) is 1. The summed E-state index contributed by atoms with van der Waals surface area (Å²) in [6.45, 7) is 3.71. The zero-order valence-electron chi connectivity index (χ0n) is 25.3. The van der Waals surface area contributed by atoms with E-state index in [4.69, 9.17) is 14.2 Å². The third-order valence-electron chi connectivity index (χ3n) is 6.31. The Morgan fingerprint density at radius 2 is 1.71 bits per heavy atom. The summed E-state index contributed by atoms with van der Waals surface area (Å²) < 4.78 is 15.6. The molecule has 0 saturated carbocycles. The Morgan fingerprint density at radius 3 is 2.36 bits per heavy atom. The number of nitrogens with zero attached hydrogens (tertiary/aromatic N) is 1. The second-order valence-electron chi connectivity index (χ2n) is 11.2. The second kappa shape index (κ2) is 16.4. The van der Waals surface area contributed by atoms with Crippen LogP contribution in [0.25, 0.3) is 0 Å². The lowest BCUT2D eigenvalue weighted by atomic mass is 10.0. The number of carbonyl (C=O) groups is 5. The van der Waals surface area contributed by atoms with E-state index in [0.29, 0.717) is 12.1 Å². The Bertz CT molecular complexity index is 1320. The molecule has 0 spiro atoms. The Hall–Kier alpha value is -4.76. The molecular weight excluding hydrogens is 590 g/mol. The number of aliphatic hydroxyl groups excluding tert-OH is 1. The molecule has 1 aromatic heterocycles. The molecule has 0 radical (unpaired) electrons. The SMILES string of the molecule is CC(C)(C)OC(=O)NC(CCc1ccc(O)cc1)C(=O)NC(CO)C(=O)NCC(=O)NCC1OC1C(=O)OCc1ccccn1. The first-order chi connectivity index (χ1) is 21.3. The third kappa shape index (κ3) is 12.4. The molecule has 1 aliphatic rings. The predicted octanol–water partition coefficient (Wildman–Crippen LogP) is -0.167. The highest BCUT2D eigenvalue weighted by Gasteiger charge is 2.46. The number of aromatic hydroxyl groups is 1. The summed E-state index contributed by atoms with van der Waals surface area (Å²) in [5, 5.41) is 29.0. The van der Waals surface area contributed by atoms with Crippen molar-refractivity contribution in [1.82, 2.24) is 26.3 Å². The molecule has 4 unspecified atom stereocenters. The van der Waals surface area contributed by atoms with E-state index in [-0.39, 0.29) is 25.3 Å². The molecule has 45 heavy (non-hydrogen) atoms. The standard InChI is InChI=1S/C30H39N5O10/c1-30(2,3)45-29(42)35-21(12-9-18-7-10-20(37)11-8-18)27(40)34-22(16-36)26(39)33-15-24(38)32-14-23-25(44-23)28(41)43-17-19-6-4-5-13-31-19/h4-8,10-11,13,21-23,25,36-37H,9,12,14-17H2,1-3H3,(H,32,38)(H,33,39)(H,34,40)(H,35,42). The van der Waals surface area contributed by atoms with Crippen LogP contribution in [0, 0.1) is 0 Å². The monoisotopic (exact) mass is 629 g/mol. The summed E-state index contributed by atoms with van der Waals surface area (Å²) in [5.74, 6) is -2.70. The highest BCUT2D eigenvalue weighted by Crippen LogP contribution is 2.23. The summed E-state index contributed by atoms with van der Waals surface area (Å²) in [7, 11) is 0. The van der Waals surface area contributed by atoms with E-state index in [1.54, 1.807) is 57.3 Å². The second-order valence-corrected chi connectivity index (χ2v) is 11.2. The molecular formula is C30H39N5O10. The molecule has 0 bridgehead atoms. The van der Waals surface area contributed by atoms with Gasteiger partial charge in [0.2, 0.25) is 17.7 Å². The Labute approximate surface area is 260 Å². The van der Waals surface area contributed by atoms with Crippen LogP contribution in [0.3, 0.4) is 0 Å². The van der Waals surface area contributed by atoms with Crippen LogP contribution in [0.15, 0.2) is 48.7 Å². The summed E-state index contributed by atoms with van der Waals surface area (Å²) >= 11 is 0. The molecule has 15 nitrogen and oxygen atoms in total. The van der Waals surface area contributed by atoms with Crippen LogP contribution in [0.4, 0.5) is 4.79 Å². The molecule has 244 valence electrons. The number of aryl methyl sites for hydroxylation is 1. The van der Waals surface area contributed by atoms with Gasteiger partial charge in [0.15, 0.2) is 6.10 Å². The van der Waals surface area contributed by atoms with Crippen molar-refractivity contribution in [3.63, 3.8) is 0 Å². The van der Waals surface area contributed by atoms with Gasteiger partial charge in [-0.15, -0.1) is 0 Å². The van der Waals surface area contributed by atoms with Gasteiger partial charge >= 0.3 is 12.1 Å². The molecule has 2 heterocycles. The first kappa shape index (κ1) is 34.7. The quantitative estimate of drug-likeness (QED) is 0.112. The van der Waals surface area contributed by atoms with E-state index in [0.717, 1.165) is 5.56 Å². The molecule has 1 fully saturated rings. The minimum atomic E-state index is -1.42. The van der Waals surface area contributed by atoms with Crippen LogP contribution in [-0.2, 0) is 46.4 Å². The zero-order chi connectivity index (χ0) is 33.0. The number of carbonyl (C=O) groups excluding carboxylic acids is 5. The molecule has 15 heteroatoms. The van der Waals surface area contributed by atoms with E-state index in [9.17, 15) is 34.2 Å². The average molecular weight is 630 g/mol. The zero-order valence-corrected chi connectivity index (χ0v) is 25.3. The van der Waals surface area contributed by atoms with E-state index in [1.807, 2.05) is 0 Å². The topological polar surface area (TPSA) is 218 Å². The molecule has 1 saturated heterocycles. The number of hydrogen-bond acceptors (Lipinski definition) is 11. The molecule has 4 amide bonds. The van der Waals surface area contributed by atoms with Crippen LogP contribution in [0.2, 0.25) is 0 Å². The molecule has 0 aliphatic carbocycles. The van der Waals surface area contributed by atoms with Crippen molar-refractivity contribution in [1.29, 1.82) is 0 Å². The minimum absolute atomic E-state index is 0.00271. The summed E-state index contributed by atoms with van der Waals surface area (Å²) in [6.07, 6.45) is -0.239. The number of epoxide rings is 1. The van der Waals surface area contributed by atoms with Gasteiger partial charge in [0.25, 0.3) is 0 Å². The van der Waals surface area contributed by atoms with Crippen LogP contribution in [0.5, 0.6) is 5.75 Å². The van der Waals surface area contributed by atoms with Crippen molar-refractivity contribution in [2.45, 2.75) is 70.1 Å². The minimum Gasteiger partial charge on any atom is -0.508 e. The van der Waals surface area contributed by atoms with E-state index < -0.39 is 72.8 Å². The maximum Gasteiger partial charge on any atom is 0.408 e. The number of phenols is 1. The summed E-state index contributed by atoms with van der Waals surface area (Å²) in [6, 6.07) is 8.95. The lowest BCUT2D eigenvalue weighted by molar-refractivity contribution is -0.146. The number of benzene rings is 1. The third-order valence-corrected chi connectivity index (χ3v) is 6.31. The fourth-order valence-corrected chi connectivity index (χ4v) is 3.94. The highest BCUT2D eigenvalue weighted by atomic mass is 16.6. The van der Waals surface area contributed by atoms with Gasteiger partial charge in [0, 0.05) is 12.7 Å². The van der Waals surface area contributed by atoms with Gasteiger partial charge < -0.3 is 45.7 Å². The first-order valence-corrected chi connectivity index (χ1v) is 14.3. The molecule has 2 aromatic rings. The lowest BCUT2D eigenvalue weighted by Crippen LogP contribution is -2.56. The number of rotatable bonds is 15. The van der Waals surface area contributed by atoms with Gasteiger partial charge in [0.1, 0.15) is 36.1 Å².